The average Bonchev–Trinajstić information content (AvgIpc) is 3.21. The second kappa shape index (κ2) is 8.06. The average molecular weight is 470 g/mol. The molecule has 0 aliphatic carbocycles. The monoisotopic (exact) mass is 470 g/mol. The minimum atomic E-state index is -4.82. The molecule has 0 saturated carbocycles. The Bertz CT molecular complexity index is 1190. The zero-order valence-corrected chi connectivity index (χ0v) is 17.3. The standard InChI is InChI=1S/C20H19F5N6O2/c1-10-8-30(4-5-32-10)14-9-33-15-6-11(21)2-3-12(15)16(14)27-17-13(22)7-26-19-28-18(20(23,24)25)29-31(17)19/h2-3,6-7,10,14,16,27H,4-5,8-9H2,1H3. The molecule has 3 atom stereocenters. The van der Waals surface area contributed by atoms with Crippen molar-refractivity contribution in [3.8, 4) is 5.75 Å². The molecule has 33 heavy (non-hydrogen) atoms. The topological polar surface area (TPSA) is 76.8 Å². The molecule has 2 aromatic heterocycles. The van der Waals surface area contributed by atoms with Crippen molar-refractivity contribution in [1.82, 2.24) is 24.5 Å². The van der Waals surface area contributed by atoms with Gasteiger partial charge in [0.15, 0.2) is 11.6 Å². The van der Waals surface area contributed by atoms with Gasteiger partial charge in [0.1, 0.15) is 18.2 Å². The molecule has 8 nitrogen and oxygen atoms in total. The Labute approximate surface area is 184 Å². The fourth-order valence-electron chi connectivity index (χ4n) is 4.22. The number of ether oxygens (including phenoxy) is 2. The molecule has 0 amide bonds. The first-order chi connectivity index (χ1) is 15.7. The Balaban J connectivity index is 1.58. The van der Waals surface area contributed by atoms with Crippen LogP contribution in [-0.4, -0.2) is 62.9 Å². The summed E-state index contributed by atoms with van der Waals surface area (Å²) in [6.07, 6.45) is -4.09. The molecule has 176 valence electrons. The number of anilines is 1. The lowest BCUT2D eigenvalue weighted by Crippen LogP contribution is -2.54. The highest BCUT2D eigenvalue weighted by Gasteiger charge is 2.39. The van der Waals surface area contributed by atoms with Crippen LogP contribution in [-0.2, 0) is 10.9 Å². The van der Waals surface area contributed by atoms with Crippen molar-refractivity contribution in [3.63, 3.8) is 0 Å². The van der Waals surface area contributed by atoms with Crippen LogP contribution >= 0.6 is 0 Å². The van der Waals surface area contributed by atoms with Crippen LogP contribution in [0.3, 0.4) is 0 Å². The zero-order valence-electron chi connectivity index (χ0n) is 17.3. The first kappa shape index (κ1) is 21.8. The van der Waals surface area contributed by atoms with E-state index in [9.17, 15) is 22.0 Å². The highest BCUT2D eigenvalue weighted by molar-refractivity contribution is 5.50. The van der Waals surface area contributed by atoms with Gasteiger partial charge in [-0.15, -0.1) is 5.10 Å². The molecule has 1 fully saturated rings. The van der Waals surface area contributed by atoms with Gasteiger partial charge < -0.3 is 14.8 Å². The lowest BCUT2D eigenvalue weighted by atomic mass is 9.94. The first-order valence-corrected chi connectivity index (χ1v) is 10.2. The number of alkyl halides is 3. The fourth-order valence-corrected chi connectivity index (χ4v) is 4.22. The van der Waals surface area contributed by atoms with Crippen molar-refractivity contribution in [3.05, 3.63) is 47.4 Å². The van der Waals surface area contributed by atoms with Crippen molar-refractivity contribution in [2.75, 3.05) is 31.6 Å². The lowest BCUT2D eigenvalue weighted by molar-refractivity contribution is -0.144. The molecular formula is C20H19F5N6O2. The number of rotatable bonds is 3. The zero-order chi connectivity index (χ0) is 23.3. The molecule has 1 N–H and O–H groups in total. The molecule has 1 saturated heterocycles. The molecule has 1 aromatic carbocycles. The second-order valence-corrected chi connectivity index (χ2v) is 7.96. The van der Waals surface area contributed by atoms with E-state index < -0.39 is 35.5 Å². The Kier molecular flexibility index (Phi) is 5.32. The van der Waals surface area contributed by atoms with Crippen LogP contribution in [0.15, 0.2) is 24.4 Å². The summed E-state index contributed by atoms with van der Waals surface area (Å²) in [5, 5.41) is 6.41. The molecule has 3 unspecified atom stereocenters. The molecule has 2 aliphatic rings. The molecule has 0 spiro atoms. The van der Waals surface area contributed by atoms with Crippen molar-refractivity contribution in [2.24, 2.45) is 0 Å². The number of benzene rings is 1. The van der Waals surface area contributed by atoms with Gasteiger partial charge in [-0.1, -0.05) is 6.07 Å². The van der Waals surface area contributed by atoms with Gasteiger partial charge in [-0.3, -0.25) is 4.90 Å². The van der Waals surface area contributed by atoms with Crippen LogP contribution in [0.2, 0.25) is 0 Å². The lowest BCUT2D eigenvalue weighted by Gasteiger charge is -2.43. The molecule has 0 bridgehead atoms. The molecule has 4 heterocycles. The number of aromatic nitrogens is 4. The van der Waals surface area contributed by atoms with E-state index in [1.165, 1.54) is 18.2 Å². The summed E-state index contributed by atoms with van der Waals surface area (Å²) in [4.78, 5) is 9.07. The van der Waals surface area contributed by atoms with Crippen molar-refractivity contribution in [2.45, 2.75) is 31.3 Å². The minimum Gasteiger partial charge on any atom is -0.491 e. The summed E-state index contributed by atoms with van der Waals surface area (Å²) < 4.78 is 80.2. The van der Waals surface area contributed by atoms with Crippen LogP contribution in [0, 0.1) is 11.6 Å². The Hall–Kier alpha value is -3.06. The molecule has 2 aliphatic heterocycles. The SMILES string of the molecule is CC1CN(C2COc3cc(F)ccc3C2Nc2c(F)cnc3nc(C(F)(F)F)nn23)CCO1. The number of morpholine rings is 1. The fraction of sp³-hybridized carbons (Fsp3) is 0.450. The first-order valence-electron chi connectivity index (χ1n) is 10.2. The molecule has 5 rings (SSSR count). The van der Waals surface area contributed by atoms with Gasteiger partial charge in [-0.25, -0.2) is 13.8 Å². The van der Waals surface area contributed by atoms with E-state index in [1.54, 1.807) is 0 Å². The van der Waals surface area contributed by atoms with Gasteiger partial charge in [0.2, 0.25) is 0 Å². The Morgan fingerprint density at radius 1 is 1.21 bits per heavy atom. The summed E-state index contributed by atoms with van der Waals surface area (Å²) in [5.74, 6) is -3.33. The normalized spacial score (nSPS) is 23.9. The highest BCUT2D eigenvalue weighted by Crippen LogP contribution is 2.38. The number of nitrogens with zero attached hydrogens (tertiary/aromatic N) is 5. The minimum absolute atomic E-state index is 0.0527. The van der Waals surface area contributed by atoms with Gasteiger partial charge in [0.25, 0.3) is 11.6 Å². The van der Waals surface area contributed by atoms with E-state index in [4.69, 9.17) is 9.47 Å². The number of hydrogen-bond donors (Lipinski definition) is 1. The molecule has 3 aromatic rings. The molecular weight excluding hydrogens is 451 g/mol. The summed E-state index contributed by atoms with van der Waals surface area (Å²) in [6, 6.07) is 2.98. The summed E-state index contributed by atoms with van der Waals surface area (Å²) in [7, 11) is 0. The smallest absolute Gasteiger partial charge is 0.453 e. The number of hydrogen-bond acceptors (Lipinski definition) is 7. The van der Waals surface area contributed by atoms with Crippen LogP contribution in [0.5, 0.6) is 5.75 Å². The third-order valence-corrected chi connectivity index (χ3v) is 5.71. The highest BCUT2D eigenvalue weighted by atomic mass is 19.4. The van der Waals surface area contributed by atoms with Crippen LogP contribution < -0.4 is 10.1 Å². The number of halogens is 5. The van der Waals surface area contributed by atoms with E-state index in [2.05, 4.69) is 25.3 Å². The quantitative estimate of drug-likeness (QED) is 0.590. The Morgan fingerprint density at radius 3 is 2.79 bits per heavy atom. The summed E-state index contributed by atoms with van der Waals surface area (Å²) in [6.45, 7) is 3.69. The van der Waals surface area contributed by atoms with Crippen molar-refractivity contribution < 1.29 is 31.4 Å². The van der Waals surface area contributed by atoms with E-state index in [-0.39, 0.29) is 30.3 Å². The van der Waals surface area contributed by atoms with E-state index in [0.717, 1.165) is 6.20 Å². The van der Waals surface area contributed by atoms with E-state index in [0.29, 0.717) is 29.8 Å². The van der Waals surface area contributed by atoms with Gasteiger partial charge in [-0.05, 0) is 13.0 Å². The molecule has 0 radical (unpaired) electrons. The van der Waals surface area contributed by atoms with Gasteiger partial charge >= 0.3 is 6.18 Å². The van der Waals surface area contributed by atoms with Gasteiger partial charge in [-0.2, -0.15) is 22.7 Å². The van der Waals surface area contributed by atoms with Gasteiger partial charge in [0.05, 0.1) is 31.0 Å². The van der Waals surface area contributed by atoms with E-state index >= 15 is 0 Å². The van der Waals surface area contributed by atoms with Crippen LogP contribution in [0.1, 0.15) is 24.4 Å². The molecule has 13 heteroatoms. The third kappa shape index (κ3) is 4.06. The maximum atomic E-state index is 14.8. The van der Waals surface area contributed by atoms with Crippen LogP contribution in [0.25, 0.3) is 5.78 Å². The van der Waals surface area contributed by atoms with E-state index in [1.807, 2.05) is 6.92 Å². The van der Waals surface area contributed by atoms with Gasteiger partial charge in [0, 0.05) is 24.7 Å². The van der Waals surface area contributed by atoms with Crippen LogP contribution in [0.4, 0.5) is 27.8 Å². The maximum absolute atomic E-state index is 14.8. The predicted molar refractivity (Wildman–Crippen MR) is 105 cm³/mol. The number of nitrogens with one attached hydrogen (secondary N) is 1. The second-order valence-electron chi connectivity index (χ2n) is 7.96. The largest absolute Gasteiger partial charge is 0.491 e. The van der Waals surface area contributed by atoms with Crippen molar-refractivity contribution >= 4 is 11.6 Å². The van der Waals surface area contributed by atoms with Crippen molar-refractivity contribution in [1.29, 1.82) is 0 Å². The Morgan fingerprint density at radius 2 is 2.03 bits per heavy atom. The number of fused-ring (bicyclic) bond motifs is 2. The predicted octanol–water partition coefficient (Wildman–Crippen LogP) is 3.06. The summed E-state index contributed by atoms with van der Waals surface area (Å²) >= 11 is 0. The third-order valence-electron chi connectivity index (χ3n) is 5.71. The summed E-state index contributed by atoms with van der Waals surface area (Å²) in [5.41, 5.74) is 0.535. The maximum Gasteiger partial charge on any atom is 0.453 e.